The van der Waals surface area contributed by atoms with Gasteiger partial charge in [0.15, 0.2) is 0 Å². The van der Waals surface area contributed by atoms with E-state index in [0.29, 0.717) is 5.92 Å². The van der Waals surface area contributed by atoms with Crippen LogP contribution >= 0.6 is 23.1 Å². The number of thioether (sulfide) groups is 1. The number of carboxylic acid groups (broad SMARTS) is 1. The summed E-state index contributed by atoms with van der Waals surface area (Å²) in [5.41, 5.74) is 1.33. The summed E-state index contributed by atoms with van der Waals surface area (Å²) >= 11 is 2.98. The molecule has 0 N–H and O–H groups in total. The first-order valence-corrected chi connectivity index (χ1v) is 8.38. The molecule has 0 fully saturated rings. The molecule has 0 aromatic carbocycles. The number of aliphatic carboxylic acids is 1. The van der Waals surface area contributed by atoms with Crippen LogP contribution in [0.3, 0.4) is 0 Å². The maximum atomic E-state index is 10.9. The number of hydrogen-bond donors (Lipinski definition) is 0. The fourth-order valence-electron chi connectivity index (χ4n) is 2.55. The first-order chi connectivity index (χ1) is 9.56. The van der Waals surface area contributed by atoms with Crippen LogP contribution in [-0.2, 0) is 17.6 Å². The van der Waals surface area contributed by atoms with Gasteiger partial charge in [-0.15, -0.1) is 11.3 Å². The van der Waals surface area contributed by atoms with Gasteiger partial charge in [-0.1, -0.05) is 18.7 Å². The Morgan fingerprint density at radius 1 is 1.55 bits per heavy atom. The van der Waals surface area contributed by atoms with Crippen molar-refractivity contribution >= 4 is 39.3 Å². The molecule has 4 nitrogen and oxygen atoms in total. The number of thiophene rings is 1. The number of hydrogen-bond acceptors (Lipinski definition) is 6. The zero-order chi connectivity index (χ0) is 14.3. The minimum absolute atomic E-state index is 0.605. The molecular formula is C14H15N2O2S2-. The Morgan fingerprint density at radius 2 is 2.35 bits per heavy atom. The Kier molecular flexibility index (Phi) is 3.69. The highest BCUT2D eigenvalue weighted by molar-refractivity contribution is 8.00. The fraction of sp³-hybridized carbons (Fsp3) is 0.500. The summed E-state index contributed by atoms with van der Waals surface area (Å²) in [5, 5.41) is 12.2. The number of rotatable bonds is 3. The number of fused-ring (bicyclic) bond motifs is 3. The lowest BCUT2D eigenvalue weighted by Gasteiger charge is -2.18. The van der Waals surface area contributed by atoms with E-state index in [1.54, 1.807) is 18.3 Å². The van der Waals surface area contributed by atoms with Crippen molar-refractivity contribution in [2.24, 2.45) is 5.92 Å². The molecule has 0 bridgehead atoms. The van der Waals surface area contributed by atoms with Crippen molar-refractivity contribution in [2.45, 2.75) is 43.4 Å². The number of carboxylic acids is 1. The number of aromatic nitrogens is 2. The molecule has 2 aromatic heterocycles. The highest BCUT2D eigenvalue weighted by atomic mass is 32.2. The summed E-state index contributed by atoms with van der Waals surface area (Å²) in [6.07, 6.45) is 4.83. The van der Waals surface area contributed by atoms with Crippen LogP contribution in [0.2, 0.25) is 0 Å². The topological polar surface area (TPSA) is 65.9 Å². The zero-order valence-corrected chi connectivity index (χ0v) is 13.0. The van der Waals surface area contributed by atoms with Crippen LogP contribution in [0.1, 0.15) is 30.7 Å². The molecule has 0 spiro atoms. The third kappa shape index (κ3) is 2.42. The normalized spacial score (nSPS) is 19.8. The lowest BCUT2D eigenvalue weighted by molar-refractivity contribution is -0.304. The van der Waals surface area contributed by atoms with Gasteiger partial charge in [-0.2, -0.15) is 0 Å². The number of carbonyl (C=O) groups is 1. The lowest BCUT2D eigenvalue weighted by Crippen LogP contribution is -2.31. The van der Waals surface area contributed by atoms with Crippen LogP contribution < -0.4 is 5.11 Å². The molecule has 3 rings (SSSR count). The summed E-state index contributed by atoms with van der Waals surface area (Å²) in [5.74, 6) is -0.346. The Bertz CT molecular complexity index is 668. The van der Waals surface area contributed by atoms with Gasteiger partial charge in [0.1, 0.15) is 16.2 Å². The Labute approximate surface area is 125 Å². The van der Waals surface area contributed by atoms with Gasteiger partial charge in [-0.3, -0.25) is 0 Å². The summed E-state index contributed by atoms with van der Waals surface area (Å²) in [4.78, 5) is 22.0. The molecular weight excluding hydrogens is 292 g/mol. The van der Waals surface area contributed by atoms with Crippen molar-refractivity contribution in [2.75, 3.05) is 0 Å². The molecule has 0 saturated carbocycles. The van der Waals surface area contributed by atoms with Crippen molar-refractivity contribution in [1.82, 2.24) is 9.97 Å². The second kappa shape index (κ2) is 5.33. The van der Waals surface area contributed by atoms with Crippen LogP contribution in [-0.4, -0.2) is 21.2 Å². The highest BCUT2D eigenvalue weighted by Gasteiger charge is 2.23. The highest BCUT2D eigenvalue weighted by Crippen LogP contribution is 2.41. The van der Waals surface area contributed by atoms with E-state index < -0.39 is 11.2 Å². The van der Waals surface area contributed by atoms with Gasteiger partial charge >= 0.3 is 0 Å². The largest absolute Gasteiger partial charge is 0.549 e. The lowest BCUT2D eigenvalue weighted by atomic mass is 9.89. The van der Waals surface area contributed by atoms with Crippen LogP contribution in [0.25, 0.3) is 10.2 Å². The molecule has 2 atom stereocenters. The SMILES string of the molecule is C[C@@H]1CCc2c(sc3ncnc(S[C@@H](C)C(=O)[O-])c23)C1. The molecule has 0 unspecified atom stereocenters. The molecule has 2 aromatic rings. The summed E-state index contributed by atoms with van der Waals surface area (Å²) in [6.45, 7) is 3.90. The fourth-order valence-corrected chi connectivity index (χ4v) is 4.84. The van der Waals surface area contributed by atoms with Gasteiger partial charge in [0, 0.05) is 15.5 Å². The van der Waals surface area contributed by atoms with E-state index in [2.05, 4.69) is 16.9 Å². The average molecular weight is 307 g/mol. The van der Waals surface area contributed by atoms with Gasteiger partial charge < -0.3 is 9.90 Å². The van der Waals surface area contributed by atoms with Crippen LogP contribution in [0.15, 0.2) is 11.4 Å². The van der Waals surface area contributed by atoms with E-state index in [1.807, 2.05) is 0 Å². The minimum Gasteiger partial charge on any atom is -0.549 e. The van der Waals surface area contributed by atoms with Gasteiger partial charge in [0.25, 0.3) is 0 Å². The van der Waals surface area contributed by atoms with Gasteiger partial charge in [0.05, 0.1) is 5.97 Å². The predicted octanol–water partition coefficient (Wildman–Crippen LogP) is 2.05. The number of carbonyl (C=O) groups excluding carboxylic acids is 1. The maximum Gasteiger partial charge on any atom is 0.128 e. The summed E-state index contributed by atoms with van der Waals surface area (Å²) in [6, 6.07) is 0. The van der Waals surface area contributed by atoms with Crippen molar-refractivity contribution in [3.63, 3.8) is 0 Å². The predicted molar refractivity (Wildman–Crippen MR) is 78.9 cm³/mol. The number of aryl methyl sites for hydroxylation is 1. The zero-order valence-electron chi connectivity index (χ0n) is 11.4. The molecule has 0 amide bonds. The molecule has 6 heteroatoms. The van der Waals surface area contributed by atoms with E-state index in [9.17, 15) is 9.90 Å². The standard InChI is InChI=1S/C14H16N2O2S2/c1-7-3-4-9-10(5-7)20-13-11(9)12(15-6-16-13)19-8(2)14(17)18/h6-8H,3-5H2,1-2H3,(H,17,18)/p-1/t7-,8+/m1/s1. The molecule has 20 heavy (non-hydrogen) atoms. The number of nitrogens with zero attached hydrogens (tertiary/aromatic N) is 2. The Morgan fingerprint density at radius 3 is 3.10 bits per heavy atom. The summed E-state index contributed by atoms with van der Waals surface area (Å²) in [7, 11) is 0. The van der Waals surface area contributed by atoms with Crippen molar-refractivity contribution in [3.05, 3.63) is 16.8 Å². The second-order valence-corrected chi connectivity index (χ2v) is 7.70. The van der Waals surface area contributed by atoms with Gasteiger partial charge in [-0.05, 0) is 37.7 Å². The molecule has 106 valence electrons. The molecule has 2 heterocycles. The monoisotopic (exact) mass is 307 g/mol. The first kappa shape index (κ1) is 13.8. The quantitative estimate of drug-likeness (QED) is 0.641. The van der Waals surface area contributed by atoms with Crippen molar-refractivity contribution in [3.8, 4) is 0 Å². The summed E-state index contributed by atoms with van der Waals surface area (Å²) < 4.78 is 0. The second-order valence-electron chi connectivity index (χ2n) is 5.29. The van der Waals surface area contributed by atoms with E-state index >= 15 is 0 Å². The van der Waals surface area contributed by atoms with Crippen LogP contribution in [0.5, 0.6) is 0 Å². The third-order valence-electron chi connectivity index (χ3n) is 3.68. The molecule has 1 aliphatic rings. The molecule has 0 saturated heterocycles. The van der Waals surface area contributed by atoms with E-state index in [-0.39, 0.29) is 0 Å². The van der Waals surface area contributed by atoms with Crippen LogP contribution in [0, 0.1) is 5.92 Å². The maximum absolute atomic E-state index is 10.9. The van der Waals surface area contributed by atoms with Gasteiger partial charge in [-0.25, -0.2) is 9.97 Å². The molecule has 1 aliphatic carbocycles. The van der Waals surface area contributed by atoms with Crippen molar-refractivity contribution < 1.29 is 9.90 Å². The van der Waals surface area contributed by atoms with Crippen LogP contribution in [0.4, 0.5) is 0 Å². The molecule has 0 aliphatic heterocycles. The Balaban J connectivity index is 2.07. The van der Waals surface area contributed by atoms with E-state index in [4.69, 9.17) is 0 Å². The first-order valence-electron chi connectivity index (χ1n) is 6.69. The smallest absolute Gasteiger partial charge is 0.128 e. The Hall–Kier alpha value is -1.14. The average Bonchev–Trinajstić information content (AvgIpc) is 2.76. The molecule has 0 radical (unpaired) electrons. The van der Waals surface area contributed by atoms with Gasteiger partial charge in [0.2, 0.25) is 0 Å². The van der Waals surface area contributed by atoms with E-state index in [1.165, 1.54) is 35.0 Å². The minimum atomic E-state index is -1.06. The van der Waals surface area contributed by atoms with Crippen molar-refractivity contribution in [1.29, 1.82) is 0 Å². The van der Waals surface area contributed by atoms with E-state index in [0.717, 1.165) is 28.1 Å². The third-order valence-corrected chi connectivity index (χ3v) is 5.92.